The molecule has 0 aliphatic carbocycles. The molecule has 2 heterocycles. The number of aromatic carboxylic acids is 1. The molecule has 4 nitrogen and oxygen atoms in total. The van der Waals surface area contributed by atoms with E-state index in [9.17, 15) is 22.4 Å². The Morgan fingerprint density at radius 2 is 2.00 bits per heavy atom. The lowest BCUT2D eigenvalue weighted by Crippen LogP contribution is -2.09. The molecule has 0 saturated heterocycles. The van der Waals surface area contributed by atoms with Crippen molar-refractivity contribution in [3.63, 3.8) is 0 Å². The molecule has 0 amide bonds. The third-order valence-corrected chi connectivity index (χ3v) is 2.60. The summed E-state index contributed by atoms with van der Waals surface area (Å²) in [5.41, 5.74) is -2.38. The fourth-order valence-electron chi connectivity index (χ4n) is 1.57. The number of nitrogens with zero attached hydrogens (tertiary/aromatic N) is 2. The van der Waals surface area contributed by atoms with E-state index >= 15 is 0 Å². The quantitative estimate of drug-likeness (QED) is 0.865. The van der Waals surface area contributed by atoms with Crippen molar-refractivity contribution >= 4 is 17.6 Å². The summed E-state index contributed by atoms with van der Waals surface area (Å²) in [4.78, 5) is 14.3. The van der Waals surface area contributed by atoms with Crippen molar-refractivity contribution in [3.05, 3.63) is 46.6 Å². The summed E-state index contributed by atoms with van der Waals surface area (Å²) in [5, 5.41) is 8.72. The van der Waals surface area contributed by atoms with E-state index in [1.807, 2.05) is 0 Å². The van der Waals surface area contributed by atoms with Crippen LogP contribution in [0.1, 0.15) is 15.9 Å². The standard InChI is InChI=1S/C11H5ClF4N2O2/c12-5-1-8(13)9(17-2-5)18-3-6(10(19)20)7(4-18)11(14,15)16/h1-4H,(H,19,20). The zero-order chi connectivity index (χ0) is 15.1. The highest BCUT2D eigenvalue weighted by atomic mass is 35.5. The normalized spacial score (nSPS) is 11.7. The second-order valence-corrected chi connectivity index (χ2v) is 4.19. The average molecular weight is 309 g/mol. The molecule has 2 aromatic heterocycles. The van der Waals surface area contributed by atoms with Gasteiger partial charge in [-0.05, 0) is 6.07 Å². The Kier molecular flexibility index (Phi) is 3.43. The Hall–Kier alpha value is -2.09. The third-order valence-electron chi connectivity index (χ3n) is 2.40. The van der Waals surface area contributed by atoms with E-state index < -0.39 is 34.9 Å². The summed E-state index contributed by atoms with van der Waals surface area (Å²) in [6, 6.07) is 0.859. The lowest BCUT2D eigenvalue weighted by Gasteiger charge is -2.05. The van der Waals surface area contributed by atoms with Crippen LogP contribution >= 0.6 is 11.6 Å². The van der Waals surface area contributed by atoms with Gasteiger partial charge in [0.25, 0.3) is 0 Å². The highest BCUT2D eigenvalue weighted by Crippen LogP contribution is 2.33. The zero-order valence-corrected chi connectivity index (χ0v) is 10.2. The first kappa shape index (κ1) is 14.3. The first-order chi connectivity index (χ1) is 9.20. The second-order valence-electron chi connectivity index (χ2n) is 3.75. The molecule has 0 saturated carbocycles. The molecular formula is C11H5ClF4N2O2. The third kappa shape index (κ3) is 2.60. The van der Waals surface area contributed by atoms with Crippen LogP contribution in [0, 0.1) is 5.82 Å². The molecule has 0 radical (unpaired) electrons. The topological polar surface area (TPSA) is 55.1 Å². The largest absolute Gasteiger partial charge is 0.478 e. The van der Waals surface area contributed by atoms with Crippen LogP contribution in [0.15, 0.2) is 24.7 Å². The number of alkyl halides is 3. The Morgan fingerprint density at radius 3 is 2.45 bits per heavy atom. The number of carboxylic acid groups (broad SMARTS) is 1. The number of halogens is 5. The minimum atomic E-state index is -4.87. The van der Waals surface area contributed by atoms with Crippen molar-refractivity contribution in [3.8, 4) is 5.82 Å². The Morgan fingerprint density at radius 1 is 1.35 bits per heavy atom. The highest BCUT2D eigenvalue weighted by molar-refractivity contribution is 6.30. The smallest absolute Gasteiger partial charge is 0.418 e. The van der Waals surface area contributed by atoms with Gasteiger partial charge in [0.2, 0.25) is 0 Å². The molecule has 2 rings (SSSR count). The van der Waals surface area contributed by atoms with Crippen LogP contribution in [0.3, 0.4) is 0 Å². The summed E-state index contributed by atoms with van der Waals surface area (Å²) >= 11 is 5.48. The molecule has 20 heavy (non-hydrogen) atoms. The van der Waals surface area contributed by atoms with Gasteiger partial charge in [0.05, 0.1) is 16.1 Å². The molecule has 0 fully saturated rings. The number of carbonyl (C=O) groups is 1. The molecule has 1 N–H and O–H groups in total. The maximum absolute atomic E-state index is 13.6. The number of aromatic nitrogens is 2. The van der Waals surface area contributed by atoms with Crippen LogP contribution in [0.25, 0.3) is 5.82 Å². The number of hydrogen-bond donors (Lipinski definition) is 1. The van der Waals surface area contributed by atoms with Gasteiger partial charge in [-0.2, -0.15) is 13.2 Å². The van der Waals surface area contributed by atoms with Crippen molar-refractivity contribution in [2.75, 3.05) is 0 Å². The molecule has 0 spiro atoms. The Balaban J connectivity index is 2.62. The summed E-state index contributed by atoms with van der Waals surface area (Å²) in [5.74, 6) is -3.23. The maximum atomic E-state index is 13.6. The zero-order valence-electron chi connectivity index (χ0n) is 9.45. The molecule has 0 bridgehead atoms. The van der Waals surface area contributed by atoms with E-state index in [-0.39, 0.29) is 5.02 Å². The minimum absolute atomic E-state index is 0.0343. The van der Waals surface area contributed by atoms with Gasteiger partial charge in [-0.1, -0.05) is 11.6 Å². The van der Waals surface area contributed by atoms with Gasteiger partial charge in [-0.25, -0.2) is 14.2 Å². The molecule has 0 atom stereocenters. The molecular weight excluding hydrogens is 304 g/mol. The van der Waals surface area contributed by atoms with Gasteiger partial charge in [0.15, 0.2) is 11.6 Å². The lowest BCUT2D eigenvalue weighted by atomic mass is 10.2. The van der Waals surface area contributed by atoms with E-state index in [0.717, 1.165) is 12.3 Å². The molecule has 9 heteroatoms. The monoisotopic (exact) mass is 308 g/mol. The summed E-state index contributed by atoms with van der Waals surface area (Å²) < 4.78 is 52.3. The first-order valence-corrected chi connectivity index (χ1v) is 5.42. The van der Waals surface area contributed by atoms with Gasteiger partial charge in [-0.3, -0.25) is 0 Å². The van der Waals surface area contributed by atoms with E-state index in [4.69, 9.17) is 16.7 Å². The van der Waals surface area contributed by atoms with Crippen molar-refractivity contribution in [1.29, 1.82) is 0 Å². The second kappa shape index (κ2) is 4.78. The van der Waals surface area contributed by atoms with Gasteiger partial charge < -0.3 is 9.67 Å². The predicted octanol–water partition coefficient (Wildman–Crippen LogP) is 3.38. The molecule has 0 aliphatic rings. The number of hydrogen-bond acceptors (Lipinski definition) is 2. The van der Waals surface area contributed by atoms with Crippen LogP contribution in [-0.4, -0.2) is 20.6 Å². The van der Waals surface area contributed by atoms with E-state index in [1.54, 1.807) is 0 Å². The summed E-state index contributed by atoms with van der Waals surface area (Å²) in [6.45, 7) is 0. The number of carboxylic acids is 1. The lowest BCUT2D eigenvalue weighted by molar-refractivity contribution is -0.138. The van der Waals surface area contributed by atoms with Gasteiger partial charge in [-0.15, -0.1) is 0 Å². The Labute approximate surface area is 114 Å². The Bertz CT molecular complexity index is 682. The van der Waals surface area contributed by atoms with Crippen molar-refractivity contribution in [2.45, 2.75) is 6.18 Å². The highest BCUT2D eigenvalue weighted by Gasteiger charge is 2.37. The molecule has 106 valence electrons. The predicted molar refractivity (Wildman–Crippen MR) is 60.5 cm³/mol. The molecule has 0 aromatic carbocycles. The average Bonchev–Trinajstić information content (AvgIpc) is 2.73. The summed E-state index contributed by atoms with van der Waals surface area (Å²) in [7, 11) is 0. The number of rotatable bonds is 2. The molecule has 2 aromatic rings. The van der Waals surface area contributed by atoms with Crippen molar-refractivity contribution in [2.24, 2.45) is 0 Å². The van der Waals surface area contributed by atoms with E-state index in [2.05, 4.69) is 4.98 Å². The first-order valence-electron chi connectivity index (χ1n) is 5.04. The summed E-state index contributed by atoms with van der Waals surface area (Å²) in [6.07, 6.45) is -2.73. The van der Waals surface area contributed by atoms with Gasteiger partial charge >= 0.3 is 12.1 Å². The van der Waals surface area contributed by atoms with Crippen LogP contribution in [-0.2, 0) is 6.18 Å². The van der Waals surface area contributed by atoms with Crippen LogP contribution in [0.2, 0.25) is 5.02 Å². The van der Waals surface area contributed by atoms with Crippen LogP contribution < -0.4 is 0 Å². The minimum Gasteiger partial charge on any atom is -0.478 e. The maximum Gasteiger partial charge on any atom is 0.418 e. The van der Waals surface area contributed by atoms with E-state index in [1.165, 1.54) is 0 Å². The van der Waals surface area contributed by atoms with Gasteiger partial charge in [0, 0.05) is 18.6 Å². The molecule has 0 aliphatic heterocycles. The SMILES string of the molecule is O=C(O)c1cn(-c2ncc(Cl)cc2F)cc1C(F)(F)F. The number of pyridine rings is 1. The van der Waals surface area contributed by atoms with E-state index in [0.29, 0.717) is 17.0 Å². The van der Waals surface area contributed by atoms with Crippen molar-refractivity contribution in [1.82, 2.24) is 9.55 Å². The fourth-order valence-corrected chi connectivity index (χ4v) is 1.72. The van der Waals surface area contributed by atoms with Crippen LogP contribution in [0.4, 0.5) is 17.6 Å². The van der Waals surface area contributed by atoms with Gasteiger partial charge in [0.1, 0.15) is 0 Å². The van der Waals surface area contributed by atoms with Crippen LogP contribution in [0.5, 0.6) is 0 Å². The fraction of sp³-hybridized carbons (Fsp3) is 0.0909. The molecule has 0 unspecified atom stereocenters. The van der Waals surface area contributed by atoms with Crippen molar-refractivity contribution < 1.29 is 27.5 Å².